The molecule has 0 saturated heterocycles. The summed E-state index contributed by atoms with van der Waals surface area (Å²) in [5, 5.41) is 16.5. The molecule has 0 aliphatic heterocycles. The van der Waals surface area contributed by atoms with Gasteiger partial charge in [0.25, 0.3) is 0 Å². The minimum Gasteiger partial charge on any atom is -0.409 e. The Kier molecular flexibility index (Phi) is 6.62. The highest BCUT2D eigenvalue weighted by molar-refractivity contribution is 6.35. The lowest BCUT2D eigenvalue weighted by molar-refractivity contribution is 0.304. The molecule has 0 fully saturated rings. The normalized spacial score (nSPS) is 12.5. The molecule has 0 bridgehead atoms. The number of hydrogen-bond acceptors (Lipinski definition) is 3. The molecular weight excluding hydrogens is 309 g/mol. The fourth-order valence-corrected chi connectivity index (χ4v) is 2.41. The molecule has 4 nitrogen and oxygen atoms in total. The van der Waals surface area contributed by atoms with Crippen LogP contribution in [0.25, 0.3) is 0 Å². The molecule has 0 unspecified atom stereocenters. The topological polar surface area (TPSA) is 70.6 Å². The zero-order valence-electron chi connectivity index (χ0n) is 12.7. The number of nitrogens with zero attached hydrogens (tertiary/aromatic N) is 1. The van der Waals surface area contributed by atoms with E-state index in [4.69, 9.17) is 34.1 Å². The van der Waals surface area contributed by atoms with Gasteiger partial charge in [0.1, 0.15) is 5.84 Å². The lowest BCUT2D eigenvalue weighted by atomic mass is 9.86. The minimum atomic E-state index is -0.292. The minimum absolute atomic E-state index is 0.267. The number of nitrogens with one attached hydrogen (secondary N) is 1. The van der Waals surface area contributed by atoms with E-state index in [9.17, 15) is 0 Å². The van der Waals surface area contributed by atoms with Crippen molar-refractivity contribution in [3.63, 3.8) is 0 Å². The van der Waals surface area contributed by atoms with Crippen LogP contribution in [-0.4, -0.2) is 17.6 Å². The highest BCUT2D eigenvalue weighted by Gasteiger charge is 2.22. The quantitative estimate of drug-likeness (QED) is 0.224. The molecule has 0 radical (unpaired) electrons. The molecule has 0 aliphatic rings. The van der Waals surface area contributed by atoms with E-state index in [0.717, 1.165) is 37.1 Å². The Hall–Kier alpha value is -1.13. The van der Waals surface area contributed by atoms with Gasteiger partial charge < -0.3 is 16.3 Å². The molecule has 0 aliphatic carbocycles. The van der Waals surface area contributed by atoms with Crippen molar-refractivity contribution in [2.24, 2.45) is 16.3 Å². The van der Waals surface area contributed by atoms with Crippen LogP contribution in [0.2, 0.25) is 10.0 Å². The molecule has 0 amide bonds. The van der Waals surface area contributed by atoms with Crippen molar-refractivity contribution in [2.75, 3.05) is 11.9 Å². The summed E-state index contributed by atoms with van der Waals surface area (Å²) < 4.78 is 0. The zero-order valence-corrected chi connectivity index (χ0v) is 14.2. The second-order valence-electron chi connectivity index (χ2n) is 5.83. The van der Waals surface area contributed by atoms with Gasteiger partial charge in [0, 0.05) is 17.0 Å². The van der Waals surface area contributed by atoms with Gasteiger partial charge in [0.05, 0.1) is 10.7 Å². The standard InChI is InChI=1S/C15H23Cl2N3O/c1-10-8-12(17)13(9-11(10)16)19-7-5-4-6-15(2,3)14(18)20-21/h8-9,19,21H,4-7H2,1-3H3,(H2,18,20). The van der Waals surface area contributed by atoms with Crippen molar-refractivity contribution in [3.05, 3.63) is 27.7 Å². The van der Waals surface area contributed by atoms with Gasteiger partial charge in [-0.3, -0.25) is 0 Å². The molecule has 0 spiro atoms. The van der Waals surface area contributed by atoms with Gasteiger partial charge in [-0.2, -0.15) is 0 Å². The van der Waals surface area contributed by atoms with E-state index in [2.05, 4.69) is 10.5 Å². The Morgan fingerprint density at radius 1 is 1.29 bits per heavy atom. The molecule has 1 aromatic carbocycles. The first kappa shape index (κ1) is 17.9. The second kappa shape index (κ2) is 7.76. The molecule has 1 aromatic rings. The van der Waals surface area contributed by atoms with Crippen molar-refractivity contribution in [1.29, 1.82) is 0 Å². The third-order valence-electron chi connectivity index (χ3n) is 3.59. The molecule has 4 N–H and O–H groups in total. The van der Waals surface area contributed by atoms with Gasteiger partial charge in [0.2, 0.25) is 0 Å². The first-order chi connectivity index (χ1) is 9.77. The summed E-state index contributed by atoms with van der Waals surface area (Å²) in [6.07, 6.45) is 2.78. The predicted octanol–water partition coefficient (Wildman–Crippen LogP) is 4.66. The molecule has 0 aromatic heterocycles. The summed E-state index contributed by atoms with van der Waals surface area (Å²) >= 11 is 12.3. The maximum Gasteiger partial charge on any atom is 0.144 e. The summed E-state index contributed by atoms with van der Waals surface area (Å²) in [7, 11) is 0. The van der Waals surface area contributed by atoms with Crippen molar-refractivity contribution < 1.29 is 5.21 Å². The number of benzene rings is 1. The summed E-state index contributed by atoms with van der Waals surface area (Å²) in [4.78, 5) is 0. The van der Waals surface area contributed by atoms with E-state index >= 15 is 0 Å². The number of aryl methyl sites for hydroxylation is 1. The number of halogens is 2. The second-order valence-corrected chi connectivity index (χ2v) is 6.65. The SMILES string of the molecule is Cc1cc(Cl)c(NCCCCC(C)(C)/C(N)=N/O)cc1Cl. The van der Waals surface area contributed by atoms with Crippen LogP contribution in [0.5, 0.6) is 0 Å². The fraction of sp³-hybridized carbons (Fsp3) is 0.533. The smallest absolute Gasteiger partial charge is 0.144 e. The molecule has 118 valence electrons. The Balaban J connectivity index is 2.40. The number of nitrogens with two attached hydrogens (primary N) is 1. The average Bonchev–Trinajstić information content (AvgIpc) is 2.42. The van der Waals surface area contributed by atoms with Gasteiger partial charge in [0.15, 0.2) is 0 Å². The maximum absolute atomic E-state index is 8.72. The Morgan fingerprint density at radius 2 is 1.95 bits per heavy atom. The molecule has 6 heteroatoms. The van der Waals surface area contributed by atoms with Crippen molar-refractivity contribution in [3.8, 4) is 0 Å². The van der Waals surface area contributed by atoms with E-state index in [1.807, 2.05) is 32.9 Å². The van der Waals surface area contributed by atoms with Crippen molar-refractivity contribution >= 4 is 34.7 Å². The van der Waals surface area contributed by atoms with E-state index in [-0.39, 0.29) is 11.3 Å². The lowest BCUT2D eigenvalue weighted by Gasteiger charge is -2.22. The van der Waals surface area contributed by atoms with Gasteiger partial charge in [-0.15, -0.1) is 0 Å². The monoisotopic (exact) mass is 331 g/mol. The number of amidine groups is 1. The molecule has 0 saturated carbocycles. The summed E-state index contributed by atoms with van der Waals surface area (Å²) in [6, 6.07) is 3.70. The first-order valence-corrected chi connectivity index (χ1v) is 7.71. The van der Waals surface area contributed by atoms with Crippen LogP contribution < -0.4 is 11.1 Å². The lowest BCUT2D eigenvalue weighted by Crippen LogP contribution is -2.31. The predicted molar refractivity (Wildman–Crippen MR) is 90.7 cm³/mol. The van der Waals surface area contributed by atoms with Crippen LogP contribution in [-0.2, 0) is 0 Å². The van der Waals surface area contributed by atoms with Gasteiger partial charge >= 0.3 is 0 Å². The van der Waals surface area contributed by atoms with E-state index in [1.54, 1.807) is 0 Å². The maximum atomic E-state index is 8.72. The molecule has 1 rings (SSSR count). The molecular formula is C15H23Cl2N3O. The Morgan fingerprint density at radius 3 is 2.57 bits per heavy atom. The third kappa shape index (κ3) is 5.29. The van der Waals surface area contributed by atoms with Crippen LogP contribution in [0.15, 0.2) is 17.3 Å². The van der Waals surface area contributed by atoms with E-state index in [0.29, 0.717) is 10.0 Å². The fourth-order valence-electron chi connectivity index (χ4n) is 1.96. The van der Waals surface area contributed by atoms with Crippen LogP contribution in [0, 0.1) is 12.3 Å². The van der Waals surface area contributed by atoms with E-state index in [1.165, 1.54) is 0 Å². The third-order valence-corrected chi connectivity index (χ3v) is 4.31. The van der Waals surface area contributed by atoms with Crippen molar-refractivity contribution in [2.45, 2.75) is 40.0 Å². The van der Waals surface area contributed by atoms with Gasteiger partial charge in [-0.05, 0) is 37.5 Å². The number of oxime groups is 1. The summed E-state index contributed by atoms with van der Waals surface area (Å²) in [5.74, 6) is 0.267. The van der Waals surface area contributed by atoms with E-state index < -0.39 is 0 Å². The largest absolute Gasteiger partial charge is 0.409 e. The summed E-state index contributed by atoms with van der Waals surface area (Å²) in [6.45, 7) is 6.65. The van der Waals surface area contributed by atoms with Crippen LogP contribution in [0.4, 0.5) is 5.69 Å². The first-order valence-electron chi connectivity index (χ1n) is 6.95. The molecule has 0 heterocycles. The molecule has 0 atom stereocenters. The highest BCUT2D eigenvalue weighted by atomic mass is 35.5. The van der Waals surface area contributed by atoms with Gasteiger partial charge in [-0.25, -0.2) is 0 Å². The Bertz CT molecular complexity index is 516. The van der Waals surface area contributed by atoms with Gasteiger partial charge in [-0.1, -0.05) is 48.6 Å². The average molecular weight is 332 g/mol. The number of unbranched alkanes of at least 4 members (excludes halogenated alkanes) is 1. The Labute approximate surface area is 136 Å². The van der Waals surface area contributed by atoms with Crippen LogP contribution in [0.3, 0.4) is 0 Å². The van der Waals surface area contributed by atoms with Crippen LogP contribution >= 0.6 is 23.2 Å². The number of rotatable bonds is 7. The van der Waals surface area contributed by atoms with Crippen molar-refractivity contribution in [1.82, 2.24) is 0 Å². The number of anilines is 1. The summed E-state index contributed by atoms with van der Waals surface area (Å²) in [5.41, 5.74) is 7.18. The van der Waals surface area contributed by atoms with Crippen LogP contribution in [0.1, 0.15) is 38.7 Å². The molecule has 21 heavy (non-hydrogen) atoms. The number of hydrogen-bond donors (Lipinski definition) is 3. The zero-order chi connectivity index (χ0) is 16.0. The highest BCUT2D eigenvalue weighted by Crippen LogP contribution is 2.29.